The number of fused-ring (bicyclic) bond motifs is 1. The van der Waals surface area contributed by atoms with E-state index in [0.717, 1.165) is 18.7 Å². The van der Waals surface area contributed by atoms with Crippen LogP contribution in [0.4, 0.5) is 0 Å². The quantitative estimate of drug-likeness (QED) is 0.849. The van der Waals surface area contributed by atoms with Gasteiger partial charge in [-0.05, 0) is 19.3 Å². The van der Waals surface area contributed by atoms with Gasteiger partial charge >= 0.3 is 11.9 Å². The Labute approximate surface area is 116 Å². The lowest BCUT2D eigenvalue weighted by atomic mass is 9.84. The molecule has 1 fully saturated rings. The second kappa shape index (κ2) is 4.92. The van der Waals surface area contributed by atoms with Crippen LogP contribution in [0.15, 0.2) is 0 Å². The van der Waals surface area contributed by atoms with E-state index in [1.54, 1.807) is 0 Å². The molecular formula is C14H18N2O4. The number of methoxy groups -OCH3 is 1. The molecule has 1 saturated carbocycles. The van der Waals surface area contributed by atoms with E-state index in [-0.39, 0.29) is 17.6 Å². The first kappa shape index (κ1) is 13.1. The van der Waals surface area contributed by atoms with Crippen LogP contribution in [0.5, 0.6) is 0 Å². The molecule has 6 nitrogen and oxygen atoms in total. The van der Waals surface area contributed by atoms with Crippen LogP contribution in [-0.2, 0) is 22.5 Å². The highest BCUT2D eigenvalue weighted by Gasteiger charge is 2.35. The zero-order valence-corrected chi connectivity index (χ0v) is 11.5. The van der Waals surface area contributed by atoms with Gasteiger partial charge < -0.3 is 14.4 Å². The summed E-state index contributed by atoms with van der Waals surface area (Å²) >= 11 is 0. The van der Waals surface area contributed by atoms with Crippen LogP contribution >= 0.6 is 0 Å². The summed E-state index contributed by atoms with van der Waals surface area (Å²) in [5.41, 5.74) is 0.793. The molecule has 2 aliphatic rings. The van der Waals surface area contributed by atoms with Crippen molar-refractivity contribution in [3.63, 3.8) is 0 Å². The Balaban J connectivity index is 1.96. The highest BCUT2D eigenvalue weighted by molar-refractivity contribution is 5.87. The van der Waals surface area contributed by atoms with Gasteiger partial charge in [-0.1, -0.05) is 6.42 Å². The smallest absolute Gasteiger partial charge is 0.356 e. The molecule has 1 aromatic heterocycles. The van der Waals surface area contributed by atoms with Crippen LogP contribution in [-0.4, -0.2) is 33.7 Å². The SMILES string of the molecule is COC(=O)C1CCn2c(C3CCC3)nc(C(=O)O)c2C1. The number of carboxylic acids is 1. The van der Waals surface area contributed by atoms with Crippen molar-refractivity contribution in [3.05, 3.63) is 17.2 Å². The first-order valence-corrected chi connectivity index (χ1v) is 7.02. The van der Waals surface area contributed by atoms with Gasteiger partial charge in [-0.15, -0.1) is 0 Å². The Hall–Kier alpha value is -1.85. The van der Waals surface area contributed by atoms with Crippen molar-refractivity contribution in [2.75, 3.05) is 7.11 Å². The highest BCUT2D eigenvalue weighted by Crippen LogP contribution is 2.38. The van der Waals surface area contributed by atoms with Crippen LogP contribution < -0.4 is 0 Å². The van der Waals surface area contributed by atoms with Crippen LogP contribution in [0, 0.1) is 5.92 Å². The fourth-order valence-electron chi connectivity index (χ4n) is 3.10. The zero-order chi connectivity index (χ0) is 14.3. The van der Waals surface area contributed by atoms with E-state index >= 15 is 0 Å². The number of nitrogens with zero attached hydrogens (tertiary/aromatic N) is 2. The number of aromatic carboxylic acids is 1. The van der Waals surface area contributed by atoms with Gasteiger partial charge in [0.2, 0.25) is 0 Å². The number of carbonyl (C=O) groups is 2. The maximum atomic E-state index is 11.7. The molecule has 1 N–H and O–H groups in total. The van der Waals surface area contributed by atoms with Gasteiger partial charge in [-0.2, -0.15) is 0 Å². The number of carboxylic acid groups (broad SMARTS) is 1. The molecule has 2 heterocycles. The maximum absolute atomic E-state index is 11.7. The number of esters is 1. The van der Waals surface area contributed by atoms with Gasteiger partial charge in [0.15, 0.2) is 5.69 Å². The lowest BCUT2D eigenvalue weighted by Crippen LogP contribution is -2.29. The molecule has 0 bridgehead atoms. The van der Waals surface area contributed by atoms with Gasteiger partial charge in [0.1, 0.15) is 5.82 Å². The van der Waals surface area contributed by atoms with Crippen LogP contribution in [0.3, 0.4) is 0 Å². The summed E-state index contributed by atoms with van der Waals surface area (Å²) in [4.78, 5) is 27.4. The normalized spacial score (nSPS) is 21.9. The van der Waals surface area contributed by atoms with Crippen molar-refractivity contribution in [2.24, 2.45) is 5.92 Å². The third-order valence-corrected chi connectivity index (χ3v) is 4.45. The minimum atomic E-state index is -1.01. The standard InChI is InChI=1S/C14H18N2O4/c1-20-14(19)9-5-6-16-10(7-9)11(13(17)18)15-12(16)8-3-2-4-8/h8-9H,2-7H2,1H3,(H,17,18). The molecule has 6 heteroatoms. The summed E-state index contributed by atoms with van der Waals surface area (Å²) < 4.78 is 6.80. The van der Waals surface area contributed by atoms with E-state index in [0.29, 0.717) is 31.0 Å². The van der Waals surface area contributed by atoms with Crippen molar-refractivity contribution < 1.29 is 19.4 Å². The third kappa shape index (κ3) is 1.99. The van der Waals surface area contributed by atoms with Crippen LogP contribution in [0.1, 0.15) is 53.6 Å². The number of hydrogen-bond donors (Lipinski definition) is 1. The van der Waals surface area contributed by atoms with Crippen LogP contribution in [0.2, 0.25) is 0 Å². The van der Waals surface area contributed by atoms with E-state index in [1.165, 1.54) is 13.5 Å². The van der Waals surface area contributed by atoms with Crippen LogP contribution in [0.25, 0.3) is 0 Å². The molecule has 108 valence electrons. The number of carbonyl (C=O) groups excluding carboxylic acids is 1. The number of ether oxygens (including phenoxy) is 1. The largest absolute Gasteiger partial charge is 0.476 e. The van der Waals surface area contributed by atoms with Crippen molar-refractivity contribution in [2.45, 2.75) is 44.6 Å². The summed E-state index contributed by atoms with van der Waals surface area (Å²) in [5.74, 6) is -0.246. The Morgan fingerprint density at radius 2 is 2.10 bits per heavy atom. The van der Waals surface area contributed by atoms with E-state index in [9.17, 15) is 14.7 Å². The van der Waals surface area contributed by atoms with Crippen molar-refractivity contribution in [1.29, 1.82) is 0 Å². The monoisotopic (exact) mass is 278 g/mol. The summed E-state index contributed by atoms with van der Waals surface area (Å²) in [5, 5.41) is 9.32. The minimum Gasteiger partial charge on any atom is -0.476 e. The third-order valence-electron chi connectivity index (χ3n) is 4.45. The van der Waals surface area contributed by atoms with E-state index < -0.39 is 5.97 Å². The Bertz CT molecular complexity index is 560. The highest BCUT2D eigenvalue weighted by atomic mass is 16.5. The predicted octanol–water partition coefficient (Wildman–Crippen LogP) is 1.58. The summed E-state index contributed by atoms with van der Waals surface area (Å²) in [6, 6.07) is 0. The molecule has 0 amide bonds. The van der Waals surface area contributed by atoms with Gasteiger partial charge in [0.05, 0.1) is 18.7 Å². The van der Waals surface area contributed by atoms with Gasteiger partial charge in [0, 0.05) is 18.9 Å². The molecule has 0 radical (unpaired) electrons. The Morgan fingerprint density at radius 3 is 2.65 bits per heavy atom. The summed E-state index contributed by atoms with van der Waals surface area (Å²) in [6.07, 6.45) is 4.44. The summed E-state index contributed by atoms with van der Waals surface area (Å²) in [6.45, 7) is 0.654. The lowest BCUT2D eigenvalue weighted by molar-refractivity contribution is -0.146. The average molecular weight is 278 g/mol. The molecule has 20 heavy (non-hydrogen) atoms. The second-order valence-corrected chi connectivity index (χ2v) is 5.56. The number of aromatic nitrogens is 2. The maximum Gasteiger partial charge on any atom is 0.356 e. The molecule has 1 atom stereocenters. The molecular weight excluding hydrogens is 260 g/mol. The molecule has 3 rings (SSSR count). The molecule has 0 saturated heterocycles. The predicted molar refractivity (Wildman–Crippen MR) is 69.6 cm³/mol. The summed E-state index contributed by atoms with van der Waals surface area (Å²) in [7, 11) is 1.37. The first-order valence-electron chi connectivity index (χ1n) is 7.02. The topological polar surface area (TPSA) is 81.4 Å². The molecule has 1 aliphatic heterocycles. The number of rotatable bonds is 3. The molecule has 0 spiro atoms. The van der Waals surface area contributed by atoms with Crippen molar-refractivity contribution >= 4 is 11.9 Å². The van der Waals surface area contributed by atoms with Crippen molar-refractivity contribution in [3.8, 4) is 0 Å². The molecule has 0 aromatic carbocycles. The average Bonchev–Trinajstić information content (AvgIpc) is 2.75. The fraction of sp³-hybridized carbons (Fsp3) is 0.643. The van der Waals surface area contributed by atoms with Gasteiger partial charge in [-0.25, -0.2) is 9.78 Å². The van der Waals surface area contributed by atoms with E-state index in [2.05, 4.69) is 4.98 Å². The zero-order valence-electron chi connectivity index (χ0n) is 11.5. The fourth-order valence-corrected chi connectivity index (χ4v) is 3.10. The molecule has 1 aliphatic carbocycles. The van der Waals surface area contributed by atoms with Crippen molar-refractivity contribution in [1.82, 2.24) is 9.55 Å². The molecule has 1 aromatic rings. The lowest BCUT2D eigenvalue weighted by Gasteiger charge is -2.29. The van der Waals surface area contributed by atoms with Gasteiger partial charge in [-0.3, -0.25) is 4.79 Å². The van der Waals surface area contributed by atoms with E-state index in [1.807, 2.05) is 4.57 Å². The minimum absolute atomic E-state index is 0.112. The molecule has 1 unspecified atom stereocenters. The number of imidazole rings is 1. The Kier molecular flexibility index (Phi) is 3.23. The van der Waals surface area contributed by atoms with E-state index in [4.69, 9.17) is 4.74 Å². The Morgan fingerprint density at radius 1 is 1.35 bits per heavy atom. The first-order chi connectivity index (χ1) is 9.61. The van der Waals surface area contributed by atoms with Gasteiger partial charge in [0.25, 0.3) is 0 Å². The second-order valence-electron chi connectivity index (χ2n) is 5.56. The number of hydrogen-bond acceptors (Lipinski definition) is 4.